The van der Waals surface area contributed by atoms with Crippen molar-refractivity contribution < 1.29 is 14.6 Å². The van der Waals surface area contributed by atoms with Gasteiger partial charge in [0.1, 0.15) is 0 Å². The Morgan fingerprint density at radius 2 is 2.04 bits per heavy atom. The van der Waals surface area contributed by atoms with E-state index in [0.29, 0.717) is 30.2 Å². The van der Waals surface area contributed by atoms with Gasteiger partial charge in [-0.05, 0) is 42.9 Å². The monoisotopic (exact) mass is 339 g/mol. The van der Waals surface area contributed by atoms with Gasteiger partial charge in [-0.1, -0.05) is 29.8 Å². The number of β-amino-alcohol motifs (C(OH)–C–C–N with tert-alkyl or cyclic N) is 1. The van der Waals surface area contributed by atoms with Crippen molar-refractivity contribution >= 4 is 11.6 Å². The first-order chi connectivity index (χ1) is 11.2. The molecule has 23 heavy (non-hydrogen) atoms. The summed E-state index contributed by atoms with van der Waals surface area (Å²) < 4.78 is 11.1. The lowest BCUT2D eigenvalue weighted by Crippen LogP contribution is -2.37. The van der Waals surface area contributed by atoms with E-state index in [9.17, 15) is 5.11 Å². The summed E-state index contributed by atoms with van der Waals surface area (Å²) in [6, 6.07) is 7.65. The number of nitrogens with zero attached hydrogens (tertiary/aromatic N) is 1. The van der Waals surface area contributed by atoms with Crippen LogP contribution in [-0.4, -0.2) is 55.6 Å². The van der Waals surface area contributed by atoms with Crippen molar-refractivity contribution in [2.45, 2.75) is 32.0 Å². The van der Waals surface area contributed by atoms with Crippen molar-refractivity contribution in [2.75, 3.05) is 39.5 Å². The van der Waals surface area contributed by atoms with Crippen molar-refractivity contribution in [3.05, 3.63) is 34.9 Å². The van der Waals surface area contributed by atoms with Gasteiger partial charge in [0.25, 0.3) is 0 Å². The fourth-order valence-electron chi connectivity index (χ4n) is 3.67. The van der Waals surface area contributed by atoms with E-state index in [1.165, 1.54) is 6.42 Å². The van der Waals surface area contributed by atoms with Crippen molar-refractivity contribution in [2.24, 2.45) is 5.41 Å². The second-order valence-corrected chi connectivity index (χ2v) is 7.27. The third kappa shape index (κ3) is 4.68. The van der Waals surface area contributed by atoms with Crippen LogP contribution in [0.4, 0.5) is 0 Å². The van der Waals surface area contributed by atoms with Gasteiger partial charge >= 0.3 is 0 Å². The van der Waals surface area contributed by atoms with Crippen LogP contribution in [0.5, 0.6) is 0 Å². The molecule has 2 heterocycles. The summed E-state index contributed by atoms with van der Waals surface area (Å²) in [4.78, 5) is 2.37. The number of rotatable bonds is 6. The normalized spacial score (nSPS) is 22.5. The number of likely N-dealkylation sites (tertiary alicyclic amines) is 1. The molecule has 1 aromatic rings. The zero-order valence-electron chi connectivity index (χ0n) is 13.5. The van der Waals surface area contributed by atoms with Crippen LogP contribution in [0, 0.1) is 5.41 Å². The number of ether oxygens (including phenoxy) is 2. The highest BCUT2D eigenvalue weighted by Gasteiger charge is 2.39. The molecule has 0 radical (unpaired) electrons. The molecule has 2 fully saturated rings. The first-order valence-electron chi connectivity index (χ1n) is 8.46. The Morgan fingerprint density at radius 3 is 2.83 bits per heavy atom. The summed E-state index contributed by atoms with van der Waals surface area (Å²) >= 11 is 6.10. The van der Waals surface area contributed by atoms with Crippen LogP contribution in [0.25, 0.3) is 0 Å². The van der Waals surface area contributed by atoms with E-state index >= 15 is 0 Å². The third-order valence-electron chi connectivity index (χ3n) is 5.07. The molecule has 0 saturated carbocycles. The van der Waals surface area contributed by atoms with Crippen LogP contribution >= 0.6 is 11.6 Å². The minimum Gasteiger partial charge on any atom is -0.389 e. The van der Waals surface area contributed by atoms with Gasteiger partial charge in [-0.15, -0.1) is 0 Å². The lowest BCUT2D eigenvalue weighted by molar-refractivity contribution is 0.00156. The molecule has 128 valence electrons. The topological polar surface area (TPSA) is 41.9 Å². The number of hydrogen-bond donors (Lipinski definition) is 1. The first-order valence-corrected chi connectivity index (χ1v) is 8.84. The number of aliphatic hydroxyl groups is 1. The first kappa shape index (κ1) is 17.2. The maximum atomic E-state index is 10.2. The fourth-order valence-corrected chi connectivity index (χ4v) is 3.86. The second kappa shape index (κ2) is 7.95. The maximum absolute atomic E-state index is 10.2. The van der Waals surface area contributed by atoms with Crippen molar-refractivity contribution in [1.82, 2.24) is 4.90 Å². The van der Waals surface area contributed by atoms with Crippen molar-refractivity contribution in [1.29, 1.82) is 0 Å². The summed E-state index contributed by atoms with van der Waals surface area (Å²) in [6.45, 7) is 5.40. The lowest BCUT2D eigenvalue weighted by Gasteiger charge is -2.33. The summed E-state index contributed by atoms with van der Waals surface area (Å²) in [5.74, 6) is 0. The number of halogens is 1. The predicted molar refractivity (Wildman–Crippen MR) is 90.7 cm³/mol. The molecule has 4 nitrogen and oxygen atoms in total. The van der Waals surface area contributed by atoms with Crippen LogP contribution in [0.15, 0.2) is 24.3 Å². The van der Waals surface area contributed by atoms with Crippen molar-refractivity contribution in [3.63, 3.8) is 0 Å². The third-order valence-corrected chi connectivity index (χ3v) is 5.43. The molecule has 2 aliphatic heterocycles. The summed E-state index contributed by atoms with van der Waals surface area (Å²) in [7, 11) is 0. The van der Waals surface area contributed by atoms with E-state index in [0.717, 1.165) is 44.7 Å². The van der Waals surface area contributed by atoms with Crippen LogP contribution in [0.3, 0.4) is 0 Å². The Kier molecular flexibility index (Phi) is 5.94. The van der Waals surface area contributed by atoms with Crippen molar-refractivity contribution in [3.8, 4) is 0 Å². The Labute approximate surface area is 143 Å². The molecule has 1 aromatic carbocycles. The molecule has 1 unspecified atom stereocenters. The lowest BCUT2D eigenvalue weighted by atomic mass is 9.80. The van der Waals surface area contributed by atoms with Gasteiger partial charge < -0.3 is 19.5 Å². The molecule has 0 aliphatic carbocycles. The largest absolute Gasteiger partial charge is 0.389 e. The average molecular weight is 340 g/mol. The van der Waals surface area contributed by atoms with E-state index in [-0.39, 0.29) is 0 Å². The number of hydrogen-bond acceptors (Lipinski definition) is 4. The quantitative estimate of drug-likeness (QED) is 0.865. The zero-order chi connectivity index (χ0) is 16.1. The Bertz CT molecular complexity index is 505. The Morgan fingerprint density at radius 1 is 1.26 bits per heavy atom. The van der Waals surface area contributed by atoms with Crippen LogP contribution in [-0.2, 0) is 16.1 Å². The van der Waals surface area contributed by atoms with Gasteiger partial charge in [-0.3, -0.25) is 0 Å². The van der Waals surface area contributed by atoms with E-state index in [1.807, 2.05) is 24.3 Å². The van der Waals surface area contributed by atoms with E-state index in [2.05, 4.69) is 4.90 Å². The molecular weight excluding hydrogens is 314 g/mol. The fraction of sp³-hybridized carbons (Fsp3) is 0.667. The zero-order valence-corrected chi connectivity index (χ0v) is 14.3. The van der Waals surface area contributed by atoms with Gasteiger partial charge in [0.2, 0.25) is 0 Å². The van der Waals surface area contributed by atoms with Crippen LogP contribution in [0.1, 0.15) is 24.8 Å². The smallest absolute Gasteiger partial charge is 0.0900 e. The highest BCUT2D eigenvalue weighted by Crippen LogP contribution is 2.39. The average Bonchev–Trinajstić information content (AvgIpc) is 2.92. The minimum atomic E-state index is -0.451. The molecule has 1 spiro atoms. The predicted octanol–water partition coefficient (Wildman–Crippen LogP) is 2.72. The molecule has 1 N–H and O–H groups in total. The molecule has 1 atom stereocenters. The molecule has 5 heteroatoms. The van der Waals surface area contributed by atoms with E-state index in [1.54, 1.807) is 0 Å². The highest BCUT2D eigenvalue weighted by molar-refractivity contribution is 6.31. The van der Waals surface area contributed by atoms with Crippen LogP contribution < -0.4 is 0 Å². The molecule has 0 bridgehead atoms. The number of benzene rings is 1. The molecule has 2 saturated heterocycles. The maximum Gasteiger partial charge on any atom is 0.0900 e. The van der Waals surface area contributed by atoms with Crippen LogP contribution in [0.2, 0.25) is 5.02 Å². The molecular formula is C18H26ClNO3. The van der Waals surface area contributed by atoms with E-state index < -0.39 is 6.10 Å². The minimum absolute atomic E-state index is 0.345. The molecule has 0 amide bonds. The molecule has 3 rings (SSSR count). The van der Waals surface area contributed by atoms with Gasteiger partial charge in [0.05, 0.1) is 19.3 Å². The number of aliphatic hydroxyl groups excluding tert-OH is 1. The summed E-state index contributed by atoms with van der Waals surface area (Å²) in [5.41, 5.74) is 1.39. The van der Waals surface area contributed by atoms with Gasteiger partial charge in [-0.25, -0.2) is 0 Å². The Hall–Kier alpha value is -0.650. The van der Waals surface area contributed by atoms with Gasteiger partial charge in [0, 0.05) is 31.3 Å². The highest BCUT2D eigenvalue weighted by atomic mass is 35.5. The second-order valence-electron chi connectivity index (χ2n) is 6.86. The molecule has 0 aromatic heterocycles. The van der Waals surface area contributed by atoms with Gasteiger partial charge in [-0.2, -0.15) is 0 Å². The SMILES string of the molecule is OC(COCc1ccccc1Cl)CN1CCC2(CCOCC2)C1. The molecule has 2 aliphatic rings. The van der Waals surface area contributed by atoms with Gasteiger partial charge in [0.15, 0.2) is 0 Å². The standard InChI is InChI=1S/C18H26ClNO3/c19-17-4-2-1-3-15(17)12-23-13-16(21)11-20-8-5-18(14-20)6-9-22-10-7-18/h1-4,16,21H,5-14H2. The Balaban J connectivity index is 1.38. The summed E-state index contributed by atoms with van der Waals surface area (Å²) in [5, 5.41) is 10.9. The van der Waals surface area contributed by atoms with E-state index in [4.69, 9.17) is 21.1 Å². The summed E-state index contributed by atoms with van der Waals surface area (Å²) in [6.07, 6.45) is 3.09.